The molecule has 0 aliphatic heterocycles. The van der Waals surface area contributed by atoms with Gasteiger partial charge < -0.3 is 1.43 Å². The predicted octanol–water partition coefficient (Wildman–Crippen LogP) is -0.818. The second-order valence-corrected chi connectivity index (χ2v) is 5.62. The molecule has 0 amide bonds. The maximum absolute atomic E-state index is 4.89. The largest absolute Gasteiger partial charge is 1.00 e. The smallest absolute Gasteiger partial charge is 1.00 e. The zero-order valence-electron chi connectivity index (χ0n) is 3.49. The second kappa shape index (κ2) is 7.03. The van der Waals surface area contributed by atoms with Crippen LogP contribution in [-0.4, -0.2) is 0 Å². The van der Waals surface area contributed by atoms with Crippen molar-refractivity contribution in [3.8, 4) is 0 Å². The molecular weight excluding hydrogens is 201 g/mol. The Hall–Kier alpha value is 3.03. The van der Waals surface area contributed by atoms with E-state index in [4.69, 9.17) is 30.3 Å². The first kappa shape index (κ1) is 10.9. The zero-order valence-corrected chi connectivity index (χ0v) is 8.98. The Morgan fingerprint density at radius 3 is 1.20 bits per heavy atom. The van der Waals surface area contributed by atoms with Gasteiger partial charge in [-0.25, -0.2) is 0 Å². The van der Waals surface area contributed by atoms with Gasteiger partial charge in [0.05, 0.1) is 0 Å². The summed E-state index contributed by atoms with van der Waals surface area (Å²) in [5.74, 6) is 0. The molecule has 0 heterocycles. The van der Waals surface area contributed by atoms with E-state index in [9.17, 15) is 0 Å². The van der Waals surface area contributed by atoms with E-state index in [0.29, 0.717) is 0 Å². The average Bonchev–Trinajstić information content (AvgIpc) is 0.811. The number of rotatable bonds is 0. The van der Waals surface area contributed by atoms with E-state index in [-0.39, 0.29) is 52.8 Å². The topological polar surface area (TPSA) is 0 Å². The minimum atomic E-state index is -1.33. The van der Waals surface area contributed by atoms with E-state index >= 15 is 0 Å². The minimum absolute atomic E-state index is 0. The van der Waals surface area contributed by atoms with Crippen molar-refractivity contribution >= 4 is 30.3 Å². The fraction of sp³-hybridized carbons (Fsp3) is 0. The minimum Gasteiger partial charge on any atom is -1.00 e. The Labute approximate surface area is 92.0 Å². The molecule has 5 heavy (non-hydrogen) atoms. The van der Waals surface area contributed by atoms with Crippen LogP contribution in [0.2, 0.25) is 0 Å². The Bertz CT molecular complexity index is 15.5. The molecule has 0 fully saturated rings. The second-order valence-electron chi connectivity index (χ2n) is 0.152. The molecule has 0 atom stereocenters. The van der Waals surface area contributed by atoms with Gasteiger partial charge in [-0.1, -0.05) is 0 Å². The van der Waals surface area contributed by atoms with Crippen molar-refractivity contribution in [3.63, 3.8) is 0 Å². The quantitative estimate of drug-likeness (QED) is 0.450. The molecule has 0 saturated heterocycles. The van der Waals surface area contributed by atoms with Gasteiger partial charge in [-0.15, -0.1) is 0 Å². The standard InChI is InChI=1S/3ClH.Fe.K.H/h3*1H;;;/q;;;+3;+1;-1/p-3. The third-order valence-electron chi connectivity index (χ3n) is 0. The van der Waals surface area contributed by atoms with E-state index in [1.54, 1.807) is 0 Å². The van der Waals surface area contributed by atoms with Gasteiger partial charge in [0.2, 0.25) is 0 Å². The first-order valence-corrected chi connectivity index (χ1v) is 4.96. The summed E-state index contributed by atoms with van der Waals surface area (Å²) in [7, 11) is 14.7. The van der Waals surface area contributed by atoms with Crippen LogP contribution in [0.15, 0.2) is 0 Å². The molecular formula is HCl3FeK. The summed E-state index contributed by atoms with van der Waals surface area (Å²) < 4.78 is 0. The van der Waals surface area contributed by atoms with Gasteiger partial charge in [0.1, 0.15) is 0 Å². The summed E-state index contributed by atoms with van der Waals surface area (Å²) in [4.78, 5) is 0. The molecule has 0 spiro atoms. The maximum atomic E-state index is 4.89. The number of hydrogen-bond donors (Lipinski definition) is 0. The molecule has 0 aromatic heterocycles. The number of halogens is 3. The molecule has 0 aliphatic rings. The van der Waals surface area contributed by atoms with Crippen molar-refractivity contribution in [2.45, 2.75) is 0 Å². The predicted molar refractivity (Wildman–Crippen MR) is 18.7 cm³/mol. The molecule has 5 heteroatoms. The molecule has 0 radical (unpaired) electrons. The molecule has 31 valence electrons. The molecule has 0 saturated carbocycles. The van der Waals surface area contributed by atoms with Crippen molar-refractivity contribution in [1.29, 1.82) is 0 Å². The maximum Gasteiger partial charge on any atom is 1.00 e. The van der Waals surface area contributed by atoms with E-state index in [2.05, 4.69) is 0 Å². The normalized spacial score (nSPS) is 9.00. The molecule has 0 rings (SSSR count). The Morgan fingerprint density at radius 1 is 1.20 bits per heavy atom. The van der Waals surface area contributed by atoms with Crippen molar-refractivity contribution in [3.05, 3.63) is 0 Å². The van der Waals surface area contributed by atoms with Crippen molar-refractivity contribution in [2.75, 3.05) is 0 Å². The molecule has 0 aromatic rings. The molecule has 0 aliphatic carbocycles. The van der Waals surface area contributed by atoms with Gasteiger partial charge in [0.15, 0.2) is 0 Å². The third-order valence-corrected chi connectivity index (χ3v) is 0. The first-order chi connectivity index (χ1) is 1.73. The third kappa shape index (κ3) is 19.4. The van der Waals surface area contributed by atoms with E-state index in [1.165, 1.54) is 0 Å². The molecule has 0 unspecified atom stereocenters. The van der Waals surface area contributed by atoms with Crippen molar-refractivity contribution in [1.82, 2.24) is 0 Å². The summed E-state index contributed by atoms with van der Waals surface area (Å²) in [6.45, 7) is 0. The SMILES string of the molecule is [Cl][Fe]([Cl])[Cl].[H-].[K+]. The van der Waals surface area contributed by atoms with Crippen LogP contribution >= 0.6 is 30.3 Å². The van der Waals surface area contributed by atoms with Crippen LogP contribution in [0, 0.1) is 0 Å². The average molecular weight is 202 g/mol. The Morgan fingerprint density at radius 2 is 1.20 bits per heavy atom. The Kier molecular flexibility index (Phi) is 15.3. The van der Waals surface area contributed by atoms with Crippen LogP contribution in [0.5, 0.6) is 0 Å². The molecule has 0 bridgehead atoms. The van der Waals surface area contributed by atoms with E-state index in [1.807, 2.05) is 0 Å². The number of hydrogen-bond acceptors (Lipinski definition) is 0. The van der Waals surface area contributed by atoms with Crippen molar-refractivity contribution < 1.29 is 64.0 Å². The first-order valence-electron chi connectivity index (χ1n) is 0.401. The van der Waals surface area contributed by atoms with Gasteiger partial charge in [0.25, 0.3) is 0 Å². The fourth-order valence-electron chi connectivity index (χ4n) is 0. The summed E-state index contributed by atoms with van der Waals surface area (Å²) in [5, 5.41) is 0. The summed E-state index contributed by atoms with van der Waals surface area (Å²) in [5.41, 5.74) is 0. The van der Waals surface area contributed by atoms with Crippen molar-refractivity contribution in [2.24, 2.45) is 0 Å². The van der Waals surface area contributed by atoms with Crippen LogP contribution in [0.4, 0.5) is 0 Å². The van der Waals surface area contributed by atoms with Crippen LogP contribution in [0.3, 0.4) is 0 Å². The monoisotopic (exact) mass is 201 g/mol. The molecule has 0 aromatic carbocycles. The molecule has 0 N–H and O–H groups in total. The fourth-order valence-corrected chi connectivity index (χ4v) is 0. The zero-order chi connectivity index (χ0) is 3.58. The summed E-state index contributed by atoms with van der Waals surface area (Å²) in [6, 6.07) is 0. The van der Waals surface area contributed by atoms with Crippen LogP contribution < -0.4 is 51.4 Å². The van der Waals surface area contributed by atoms with E-state index < -0.39 is 11.2 Å². The van der Waals surface area contributed by atoms with Crippen LogP contribution in [0.25, 0.3) is 0 Å². The summed E-state index contributed by atoms with van der Waals surface area (Å²) >= 11 is -1.33. The van der Waals surface area contributed by atoms with Gasteiger partial charge in [-0.2, -0.15) is 0 Å². The Balaban J connectivity index is -0.0000000450. The van der Waals surface area contributed by atoms with Gasteiger partial charge in [-0.05, 0) is 0 Å². The van der Waals surface area contributed by atoms with Crippen LogP contribution in [0.1, 0.15) is 1.43 Å². The van der Waals surface area contributed by atoms with Crippen LogP contribution in [-0.2, 0) is 11.2 Å². The van der Waals surface area contributed by atoms with E-state index in [0.717, 1.165) is 0 Å². The van der Waals surface area contributed by atoms with Gasteiger partial charge in [0, 0.05) is 0 Å². The summed E-state index contributed by atoms with van der Waals surface area (Å²) in [6.07, 6.45) is 0. The van der Waals surface area contributed by atoms with Gasteiger partial charge in [-0.3, -0.25) is 0 Å². The van der Waals surface area contributed by atoms with Gasteiger partial charge >= 0.3 is 92.8 Å². The molecule has 0 nitrogen and oxygen atoms in total.